The summed E-state index contributed by atoms with van der Waals surface area (Å²) in [5, 5.41) is 3.19. The number of aromatic amines is 1. The van der Waals surface area contributed by atoms with Crippen LogP contribution in [-0.4, -0.2) is 30.2 Å². The number of nitrogens with one attached hydrogen (secondary N) is 2. The summed E-state index contributed by atoms with van der Waals surface area (Å²) in [5.41, 5.74) is 1.10. The van der Waals surface area contributed by atoms with Gasteiger partial charge in [-0.15, -0.1) is 0 Å². The maximum absolute atomic E-state index is 4.87. The Morgan fingerprint density at radius 1 is 1.73 bits per heavy atom. The molecule has 62 valence electrons. The molecule has 0 unspecified atom stereocenters. The lowest BCUT2D eigenvalue weighted by Gasteiger charge is -2.00. The predicted molar refractivity (Wildman–Crippen MR) is 42.2 cm³/mol. The Morgan fingerprint density at radius 2 is 2.64 bits per heavy atom. The van der Waals surface area contributed by atoms with Crippen LogP contribution in [0.5, 0.6) is 0 Å². The van der Waals surface area contributed by atoms with E-state index in [2.05, 4.69) is 15.3 Å². The van der Waals surface area contributed by atoms with E-state index in [4.69, 9.17) is 4.74 Å². The second-order valence-corrected chi connectivity index (χ2v) is 2.25. The van der Waals surface area contributed by atoms with Gasteiger partial charge < -0.3 is 15.0 Å². The Labute approximate surface area is 66.0 Å². The number of imidazole rings is 1. The summed E-state index contributed by atoms with van der Waals surface area (Å²) in [4.78, 5) is 6.89. The van der Waals surface area contributed by atoms with E-state index in [0.29, 0.717) is 0 Å². The maximum atomic E-state index is 4.87. The maximum Gasteiger partial charge on any atom is 0.0922 e. The van der Waals surface area contributed by atoms with Gasteiger partial charge in [0.1, 0.15) is 0 Å². The largest absolute Gasteiger partial charge is 0.383 e. The smallest absolute Gasteiger partial charge is 0.0922 e. The second kappa shape index (κ2) is 4.87. The van der Waals surface area contributed by atoms with Crippen LogP contribution in [0.2, 0.25) is 0 Å². The Hall–Kier alpha value is -0.870. The van der Waals surface area contributed by atoms with E-state index in [1.54, 1.807) is 19.6 Å². The number of hydrogen-bond acceptors (Lipinski definition) is 3. The van der Waals surface area contributed by atoms with Crippen LogP contribution in [0.25, 0.3) is 0 Å². The van der Waals surface area contributed by atoms with Crippen LogP contribution in [0.1, 0.15) is 5.69 Å². The van der Waals surface area contributed by atoms with Gasteiger partial charge in [0.05, 0.1) is 12.9 Å². The fourth-order valence-corrected chi connectivity index (χ4v) is 0.779. The molecule has 1 heterocycles. The van der Waals surface area contributed by atoms with Crippen molar-refractivity contribution in [2.45, 2.75) is 6.54 Å². The van der Waals surface area contributed by atoms with Gasteiger partial charge in [-0.25, -0.2) is 4.98 Å². The zero-order valence-electron chi connectivity index (χ0n) is 6.63. The molecule has 0 aliphatic rings. The van der Waals surface area contributed by atoms with Crippen molar-refractivity contribution in [2.24, 2.45) is 0 Å². The molecule has 0 saturated heterocycles. The normalized spacial score (nSPS) is 10.3. The Morgan fingerprint density at radius 3 is 3.27 bits per heavy atom. The second-order valence-electron chi connectivity index (χ2n) is 2.25. The van der Waals surface area contributed by atoms with Gasteiger partial charge >= 0.3 is 0 Å². The van der Waals surface area contributed by atoms with Crippen molar-refractivity contribution in [3.05, 3.63) is 18.2 Å². The monoisotopic (exact) mass is 155 g/mol. The number of rotatable bonds is 5. The lowest BCUT2D eigenvalue weighted by molar-refractivity contribution is 0.199. The van der Waals surface area contributed by atoms with Crippen LogP contribution < -0.4 is 5.32 Å². The minimum atomic E-state index is 0.744. The summed E-state index contributed by atoms with van der Waals surface area (Å²) in [6.07, 6.45) is 3.48. The number of nitrogens with zero attached hydrogens (tertiary/aromatic N) is 1. The SMILES string of the molecule is COCCNCc1cnc[nH]1. The molecule has 0 bridgehead atoms. The molecule has 0 fully saturated rings. The highest BCUT2D eigenvalue weighted by molar-refractivity contribution is 4.92. The molecule has 0 aliphatic heterocycles. The minimum absolute atomic E-state index is 0.744. The zero-order chi connectivity index (χ0) is 7.94. The van der Waals surface area contributed by atoms with E-state index in [-0.39, 0.29) is 0 Å². The third-order valence-corrected chi connectivity index (χ3v) is 1.35. The molecule has 0 radical (unpaired) electrons. The number of methoxy groups -OCH3 is 1. The fraction of sp³-hybridized carbons (Fsp3) is 0.571. The average molecular weight is 155 g/mol. The van der Waals surface area contributed by atoms with Gasteiger partial charge in [0.25, 0.3) is 0 Å². The molecule has 0 aromatic carbocycles. The lowest BCUT2D eigenvalue weighted by atomic mass is 10.5. The first kappa shape index (κ1) is 8.23. The quantitative estimate of drug-likeness (QED) is 0.595. The molecular formula is C7H13N3O. The first-order valence-corrected chi connectivity index (χ1v) is 3.60. The van der Waals surface area contributed by atoms with Gasteiger partial charge in [-0.05, 0) is 0 Å². The van der Waals surface area contributed by atoms with Gasteiger partial charge in [-0.3, -0.25) is 0 Å². The van der Waals surface area contributed by atoms with E-state index in [1.807, 2.05) is 0 Å². The van der Waals surface area contributed by atoms with Crippen molar-refractivity contribution in [1.82, 2.24) is 15.3 Å². The molecule has 0 atom stereocenters. The molecule has 2 N–H and O–H groups in total. The van der Waals surface area contributed by atoms with E-state index < -0.39 is 0 Å². The van der Waals surface area contributed by atoms with E-state index in [0.717, 1.165) is 25.4 Å². The van der Waals surface area contributed by atoms with E-state index >= 15 is 0 Å². The van der Waals surface area contributed by atoms with E-state index in [1.165, 1.54) is 0 Å². The molecule has 11 heavy (non-hydrogen) atoms. The highest BCUT2D eigenvalue weighted by Crippen LogP contribution is 1.87. The summed E-state index contributed by atoms with van der Waals surface area (Å²) in [6, 6.07) is 0. The number of ether oxygens (including phenoxy) is 1. The van der Waals surface area contributed by atoms with Crippen molar-refractivity contribution >= 4 is 0 Å². The number of aromatic nitrogens is 2. The summed E-state index contributed by atoms with van der Waals surface area (Å²) in [7, 11) is 1.69. The standard InChI is InChI=1S/C7H13N3O/c1-11-3-2-8-4-7-5-9-6-10-7/h5-6,8H,2-4H2,1H3,(H,9,10). The van der Waals surface area contributed by atoms with Crippen LogP contribution in [-0.2, 0) is 11.3 Å². The molecule has 0 amide bonds. The zero-order valence-corrected chi connectivity index (χ0v) is 6.63. The molecule has 1 rings (SSSR count). The first-order chi connectivity index (χ1) is 5.43. The van der Waals surface area contributed by atoms with Crippen LogP contribution in [0, 0.1) is 0 Å². The third kappa shape index (κ3) is 3.15. The minimum Gasteiger partial charge on any atom is -0.383 e. The van der Waals surface area contributed by atoms with Gasteiger partial charge in [0.15, 0.2) is 0 Å². The summed E-state index contributed by atoms with van der Waals surface area (Å²) in [6.45, 7) is 2.44. The Balaban J connectivity index is 2.04. The molecule has 0 saturated carbocycles. The molecule has 0 spiro atoms. The van der Waals surface area contributed by atoms with Crippen molar-refractivity contribution in [3.8, 4) is 0 Å². The van der Waals surface area contributed by atoms with Crippen LogP contribution >= 0.6 is 0 Å². The number of H-pyrrole nitrogens is 1. The fourth-order valence-electron chi connectivity index (χ4n) is 0.779. The van der Waals surface area contributed by atoms with E-state index in [9.17, 15) is 0 Å². The summed E-state index contributed by atoms with van der Waals surface area (Å²) >= 11 is 0. The van der Waals surface area contributed by atoms with Gasteiger partial charge in [-0.2, -0.15) is 0 Å². The highest BCUT2D eigenvalue weighted by atomic mass is 16.5. The molecular weight excluding hydrogens is 142 g/mol. The van der Waals surface area contributed by atoms with Gasteiger partial charge in [0, 0.05) is 32.1 Å². The molecule has 4 nitrogen and oxygen atoms in total. The van der Waals surface area contributed by atoms with Gasteiger partial charge in [-0.1, -0.05) is 0 Å². The van der Waals surface area contributed by atoms with Crippen molar-refractivity contribution in [1.29, 1.82) is 0 Å². The van der Waals surface area contributed by atoms with Crippen molar-refractivity contribution < 1.29 is 4.74 Å². The Bertz CT molecular complexity index is 174. The highest BCUT2D eigenvalue weighted by Gasteiger charge is 1.90. The van der Waals surface area contributed by atoms with Gasteiger partial charge in [0.2, 0.25) is 0 Å². The first-order valence-electron chi connectivity index (χ1n) is 3.60. The lowest BCUT2D eigenvalue weighted by Crippen LogP contribution is -2.18. The predicted octanol–water partition coefficient (Wildman–Crippen LogP) is 0.146. The third-order valence-electron chi connectivity index (χ3n) is 1.35. The molecule has 1 aromatic heterocycles. The van der Waals surface area contributed by atoms with Crippen molar-refractivity contribution in [3.63, 3.8) is 0 Å². The summed E-state index contributed by atoms with van der Waals surface area (Å²) in [5.74, 6) is 0. The average Bonchev–Trinajstić information content (AvgIpc) is 2.50. The molecule has 0 aliphatic carbocycles. The van der Waals surface area contributed by atoms with Crippen molar-refractivity contribution in [2.75, 3.05) is 20.3 Å². The summed E-state index contributed by atoms with van der Waals surface area (Å²) < 4.78 is 4.87. The van der Waals surface area contributed by atoms with Crippen LogP contribution in [0.4, 0.5) is 0 Å². The number of hydrogen-bond donors (Lipinski definition) is 2. The Kier molecular flexibility index (Phi) is 3.64. The molecule has 4 heteroatoms. The van der Waals surface area contributed by atoms with Crippen LogP contribution in [0.15, 0.2) is 12.5 Å². The topological polar surface area (TPSA) is 49.9 Å². The van der Waals surface area contributed by atoms with Crippen LogP contribution in [0.3, 0.4) is 0 Å². The molecule has 1 aromatic rings.